The molecule has 3 nitrogen and oxygen atoms in total. The number of rotatable bonds is 9. The molecule has 0 saturated heterocycles. The summed E-state index contributed by atoms with van der Waals surface area (Å²) in [6, 6.07) is 9.68. The topological polar surface area (TPSA) is 34.4 Å². The lowest BCUT2D eigenvalue weighted by Crippen LogP contribution is -2.17. The molecule has 0 spiro atoms. The molecular weight excluding hydrogens is 346 g/mol. The Morgan fingerprint density at radius 2 is 1.88 bits per heavy atom. The lowest BCUT2D eigenvalue weighted by atomic mass is 10.1. The second-order valence-electron chi connectivity index (χ2n) is 4.99. The molecule has 2 aromatic rings. The van der Waals surface area contributed by atoms with Crippen molar-refractivity contribution in [3.8, 4) is 5.75 Å². The van der Waals surface area contributed by atoms with Crippen LogP contribution in [0.3, 0.4) is 0 Å². The number of hydrogen-bond acceptors (Lipinski definition) is 4. The summed E-state index contributed by atoms with van der Waals surface area (Å²) in [5.41, 5.74) is 0.785. The first kappa shape index (κ1) is 18.7. The Bertz CT molecular complexity index is 636. The van der Waals surface area contributed by atoms with E-state index in [0.717, 1.165) is 5.56 Å². The Morgan fingerprint density at radius 3 is 2.58 bits per heavy atom. The standard InChI is InChI=1S/C16H17F4NO2S/c1-10(11-3-2-4-12(7-11)23-15(17)18)21-8-13-5-6-14(22-13)9-24-16(19)20/h2-7,10,15-16,21H,8-9H2,1H3. The molecule has 132 valence electrons. The molecule has 1 N–H and O–H groups in total. The Balaban J connectivity index is 1.87. The van der Waals surface area contributed by atoms with Gasteiger partial charge in [0.05, 0.1) is 12.3 Å². The summed E-state index contributed by atoms with van der Waals surface area (Å²) >= 11 is 0.503. The fourth-order valence-electron chi connectivity index (χ4n) is 2.07. The zero-order valence-electron chi connectivity index (χ0n) is 12.8. The van der Waals surface area contributed by atoms with E-state index in [2.05, 4.69) is 10.1 Å². The van der Waals surface area contributed by atoms with Gasteiger partial charge >= 0.3 is 6.61 Å². The first-order valence-corrected chi connectivity index (χ1v) is 8.24. The number of hydrogen-bond donors (Lipinski definition) is 1. The van der Waals surface area contributed by atoms with Gasteiger partial charge in [-0.15, -0.1) is 0 Å². The normalized spacial score (nSPS) is 12.8. The van der Waals surface area contributed by atoms with E-state index in [0.29, 0.717) is 29.8 Å². The second kappa shape index (κ2) is 8.98. The van der Waals surface area contributed by atoms with Gasteiger partial charge < -0.3 is 14.5 Å². The van der Waals surface area contributed by atoms with Crippen LogP contribution in [0.1, 0.15) is 30.0 Å². The van der Waals surface area contributed by atoms with Crippen LogP contribution < -0.4 is 10.1 Å². The van der Waals surface area contributed by atoms with Crippen LogP contribution in [-0.4, -0.2) is 12.4 Å². The average Bonchev–Trinajstić information content (AvgIpc) is 2.98. The number of nitrogens with one attached hydrogen (secondary N) is 1. The van der Waals surface area contributed by atoms with Gasteiger partial charge in [-0.3, -0.25) is 0 Å². The van der Waals surface area contributed by atoms with Gasteiger partial charge in [-0.05, 0) is 36.8 Å². The molecule has 1 heterocycles. The number of alkyl halides is 4. The summed E-state index contributed by atoms with van der Waals surface area (Å²) in [4.78, 5) is 0. The summed E-state index contributed by atoms with van der Waals surface area (Å²) in [7, 11) is 0. The minimum atomic E-state index is -2.86. The van der Waals surface area contributed by atoms with Gasteiger partial charge in [0, 0.05) is 6.04 Å². The third-order valence-electron chi connectivity index (χ3n) is 3.23. The number of benzene rings is 1. The molecule has 1 atom stereocenters. The minimum Gasteiger partial charge on any atom is -0.464 e. The first-order valence-electron chi connectivity index (χ1n) is 7.19. The van der Waals surface area contributed by atoms with Crippen LogP contribution in [0.5, 0.6) is 5.75 Å². The van der Waals surface area contributed by atoms with Crippen molar-refractivity contribution in [1.29, 1.82) is 0 Å². The van der Waals surface area contributed by atoms with Crippen molar-refractivity contribution in [2.75, 3.05) is 0 Å². The Morgan fingerprint density at radius 1 is 1.12 bits per heavy atom. The molecule has 0 amide bonds. The maximum absolute atomic E-state index is 12.2. The molecule has 0 aliphatic rings. The third-order valence-corrected chi connectivity index (χ3v) is 3.94. The highest BCUT2D eigenvalue weighted by Crippen LogP contribution is 2.23. The largest absolute Gasteiger partial charge is 0.464 e. The second-order valence-corrected chi connectivity index (χ2v) is 5.97. The van der Waals surface area contributed by atoms with Gasteiger partial charge in [-0.1, -0.05) is 23.9 Å². The molecule has 8 heteroatoms. The maximum atomic E-state index is 12.2. The van der Waals surface area contributed by atoms with Crippen molar-refractivity contribution in [2.24, 2.45) is 0 Å². The van der Waals surface area contributed by atoms with Crippen molar-refractivity contribution in [3.05, 3.63) is 53.5 Å². The molecule has 24 heavy (non-hydrogen) atoms. The number of halogens is 4. The maximum Gasteiger partial charge on any atom is 0.387 e. The van der Waals surface area contributed by atoms with Crippen LogP contribution in [0.25, 0.3) is 0 Å². The number of thioether (sulfide) groups is 1. The molecule has 0 aliphatic heterocycles. The zero-order valence-corrected chi connectivity index (χ0v) is 13.7. The average molecular weight is 363 g/mol. The molecule has 1 aromatic carbocycles. The summed E-state index contributed by atoms with van der Waals surface area (Å²) in [5.74, 6) is -1.12. The van der Waals surface area contributed by atoms with Crippen molar-refractivity contribution >= 4 is 11.8 Å². The lowest BCUT2D eigenvalue weighted by Gasteiger charge is -2.14. The first-order chi connectivity index (χ1) is 11.4. The Labute approximate surface area is 141 Å². The van der Waals surface area contributed by atoms with E-state index in [1.54, 1.807) is 24.3 Å². The predicted molar refractivity (Wildman–Crippen MR) is 84.3 cm³/mol. The van der Waals surface area contributed by atoms with Crippen molar-refractivity contribution in [2.45, 2.75) is 37.6 Å². The van der Waals surface area contributed by atoms with E-state index in [1.165, 1.54) is 12.1 Å². The molecule has 0 saturated carbocycles. The highest BCUT2D eigenvalue weighted by Gasteiger charge is 2.11. The Kier molecular flexibility index (Phi) is 6.99. The van der Waals surface area contributed by atoms with E-state index in [-0.39, 0.29) is 17.5 Å². The molecule has 0 bridgehead atoms. The fraction of sp³-hybridized carbons (Fsp3) is 0.375. The van der Waals surface area contributed by atoms with Gasteiger partial charge in [0.2, 0.25) is 0 Å². The minimum absolute atomic E-state index is 0.0976. The van der Waals surface area contributed by atoms with Crippen LogP contribution in [0.2, 0.25) is 0 Å². The van der Waals surface area contributed by atoms with Crippen molar-refractivity contribution in [3.63, 3.8) is 0 Å². The van der Waals surface area contributed by atoms with E-state index in [9.17, 15) is 17.6 Å². The smallest absolute Gasteiger partial charge is 0.387 e. The summed E-state index contributed by atoms with van der Waals surface area (Å²) < 4.78 is 58.6. The molecule has 2 rings (SSSR count). The fourth-order valence-corrected chi connectivity index (χ4v) is 2.52. The van der Waals surface area contributed by atoms with E-state index >= 15 is 0 Å². The molecule has 0 aliphatic carbocycles. The van der Waals surface area contributed by atoms with Crippen LogP contribution in [0.4, 0.5) is 17.6 Å². The van der Waals surface area contributed by atoms with Crippen molar-refractivity contribution < 1.29 is 26.7 Å². The van der Waals surface area contributed by atoms with Crippen LogP contribution in [0.15, 0.2) is 40.8 Å². The summed E-state index contributed by atoms with van der Waals surface area (Å²) in [6.45, 7) is -0.602. The quantitative estimate of drug-likeness (QED) is 0.622. The van der Waals surface area contributed by atoms with Gasteiger partial charge in [0.25, 0.3) is 5.76 Å². The van der Waals surface area contributed by atoms with Crippen LogP contribution >= 0.6 is 11.8 Å². The molecule has 1 aromatic heterocycles. The molecule has 0 radical (unpaired) electrons. The highest BCUT2D eigenvalue weighted by atomic mass is 32.2. The molecule has 0 fully saturated rings. The Hall–Kier alpha value is -1.67. The van der Waals surface area contributed by atoms with E-state index in [1.807, 2.05) is 6.92 Å². The number of ether oxygens (including phenoxy) is 1. The molecule has 1 unspecified atom stereocenters. The lowest BCUT2D eigenvalue weighted by molar-refractivity contribution is -0.0499. The van der Waals surface area contributed by atoms with E-state index < -0.39 is 12.4 Å². The van der Waals surface area contributed by atoms with E-state index in [4.69, 9.17) is 4.42 Å². The SMILES string of the molecule is CC(NCc1ccc(CSC(F)F)o1)c1cccc(OC(F)F)c1. The van der Waals surface area contributed by atoms with Crippen LogP contribution in [-0.2, 0) is 12.3 Å². The van der Waals surface area contributed by atoms with Crippen molar-refractivity contribution in [1.82, 2.24) is 5.32 Å². The van der Waals surface area contributed by atoms with Gasteiger partial charge in [0.15, 0.2) is 0 Å². The summed E-state index contributed by atoms with van der Waals surface area (Å²) in [5, 5.41) is 3.18. The van der Waals surface area contributed by atoms with Gasteiger partial charge in [-0.25, -0.2) is 0 Å². The van der Waals surface area contributed by atoms with Gasteiger partial charge in [-0.2, -0.15) is 17.6 Å². The van der Waals surface area contributed by atoms with Crippen LogP contribution in [0, 0.1) is 0 Å². The van der Waals surface area contributed by atoms with Gasteiger partial charge in [0.1, 0.15) is 17.3 Å². The monoisotopic (exact) mass is 363 g/mol. The third kappa shape index (κ3) is 6.09. The summed E-state index contributed by atoms with van der Waals surface area (Å²) in [6.07, 6.45) is 0. The molecular formula is C16H17F4NO2S. The highest BCUT2D eigenvalue weighted by molar-refractivity contribution is 7.98. The zero-order chi connectivity index (χ0) is 17.5. The predicted octanol–water partition coefficient (Wildman–Crippen LogP) is 5.19. The number of furan rings is 1.